The minimum Gasteiger partial charge on any atom is -0.381 e. The number of sulfonamides is 1. The van der Waals surface area contributed by atoms with Gasteiger partial charge in [0, 0.05) is 18.6 Å². The molecule has 1 saturated heterocycles. The summed E-state index contributed by atoms with van der Waals surface area (Å²) in [6.07, 6.45) is 2.46. The number of nitrogens with two attached hydrogens (primary N) is 1. The molecule has 17 heavy (non-hydrogen) atoms. The van der Waals surface area contributed by atoms with Crippen molar-refractivity contribution in [3.63, 3.8) is 0 Å². The second kappa shape index (κ2) is 6.13. The molecule has 0 aliphatic carbocycles. The van der Waals surface area contributed by atoms with Crippen LogP contribution in [0.4, 0.5) is 0 Å². The summed E-state index contributed by atoms with van der Waals surface area (Å²) in [6, 6.07) is 0. The van der Waals surface area contributed by atoms with Gasteiger partial charge >= 0.3 is 0 Å². The molecule has 0 bridgehead atoms. The predicted octanol–water partition coefficient (Wildman–Crippen LogP) is 0.887. The molecule has 5 nitrogen and oxygen atoms in total. The molecule has 0 aromatic heterocycles. The Morgan fingerprint density at radius 3 is 2.47 bits per heavy atom. The Balaban J connectivity index is 2.65. The first kappa shape index (κ1) is 14.9. The summed E-state index contributed by atoms with van der Waals surface area (Å²) >= 11 is 0. The SMILES string of the molecule is CCC(C)OCC1(CS(N)(=O)=O)CCOCC1. The molecule has 0 amide bonds. The lowest BCUT2D eigenvalue weighted by Gasteiger charge is -2.36. The molecule has 0 saturated carbocycles. The smallest absolute Gasteiger partial charge is 0.209 e. The summed E-state index contributed by atoms with van der Waals surface area (Å²) in [7, 11) is -3.47. The number of hydrogen-bond donors (Lipinski definition) is 1. The highest BCUT2D eigenvalue weighted by molar-refractivity contribution is 7.89. The standard InChI is InChI=1S/C11H23NO4S/c1-3-10(2)16-8-11(9-17(12,13)14)4-6-15-7-5-11/h10H,3-9H2,1-2H3,(H2,12,13,14). The lowest BCUT2D eigenvalue weighted by Crippen LogP contribution is -2.42. The van der Waals surface area contributed by atoms with E-state index in [1.54, 1.807) is 0 Å². The van der Waals surface area contributed by atoms with E-state index in [0.717, 1.165) is 6.42 Å². The second-order valence-electron chi connectivity index (χ2n) is 4.95. The molecule has 1 aliphatic heterocycles. The Kier molecular flexibility index (Phi) is 5.37. The van der Waals surface area contributed by atoms with Gasteiger partial charge < -0.3 is 9.47 Å². The van der Waals surface area contributed by atoms with E-state index in [1.807, 2.05) is 13.8 Å². The molecule has 1 heterocycles. The van der Waals surface area contributed by atoms with Crippen LogP contribution in [-0.4, -0.2) is 40.1 Å². The zero-order chi connectivity index (χ0) is 12.9. The molecule has 1 unspecified atom stereocenters. The van der Waals surface area contributed by atoms with E-state index in [-0.39, 0.29) is 17.3 Å². The van der Waals surface area contributed by atoms with Crippen molar-refractivity contribution in [2.75, 3.05) is 25.6 Å². The third-order valence-corrected chi connectivity index (χ3v) is 4.32. The molecule has 1 atom stereocenters. The predicted molar refractivity (Wildman–Crippen MR) is 66.2 cm³/mol. The number of rotatable bonds is 6. The molecular weight excluding hydrogens is 242 g/mol. The van der Waals surface area contributed by atoms with Crippen LogP contribution >= 0.6 is 0 Å². The van der Waals surface area contributed by atoms with Crippen LogP contribution in [0.25, 0.3) is 0 Å². The van der Waals surface area contributed by atoms with E-state index >= 15 is 0 Å². The summed E-state index contributed by atoms with van der Waals surface area (Å²) in [6.45, 7) is 5.64. The number of ether oxygens (including phenoxy) is 2. The maximum absolute atomic E-state index is 11.3. The third kappa shape index (κ3) is 5.33. The molecule has 0 aromatic carbocycles. The first-order valence-corrected chi connectivity index (χ1v) is 7.78. The van der Waals surface area contributed by atoms with Crippen LogP contribution in [0.15, 0.2) is 0 Å². The van der Waals surface area contributed by atoms with Crippen molar-refractivity contribution < 1.29 is 17.9 Å². The molecule has 1 aliphatic rings. The Hall–Kier alpha value is -0.170. The zero-order valence-electron chi connectivity index (χ0n) is 10.6. The number of hydrogen-bond acceptors (Lipinski definition) is 4. The molecule has 0 spiro atoms. The molecular formula is C11H23NO4S. The van der Waals surface area contributed by atoms with E-state index in [9.17, 15) is 8.42 Å². The van der Waals surface area contributed by atoms with Gasteiger partial charge in [-0.1, -0.05) is 6.92 Å². The van der Waals surface area contributed by atoms with Crippen LogP contribution in [-0.2, 0) is 19.5 Å². The maximum atomic E-state index is 11.3. The van der Waals surface area contributed by atoms with Gasteiger partial charge in [0.1, 0.15) is 0 Å². The van der Waals surface area contributed by atoms with Crippen molar-refractivity contribution in [3.05, 3.63) is 0 Å². The lowest BCUT2D eigenvalue weighted by molar-refractivity contribution is -0.0491. The van der Waals surface area contributed by atoms with Gasteiger partial charge in [0.25, 0.3) is 0 Å². The van der Waals surface area contributed by atoms with Gasteiger partial charge in [0.2, 0.25) is 10.0 Å². The van der Waals surface area contributed by atoms with Crippen molar-refractivity contribution in [2.24, 2.45) is 10.6 Å². The highest BCUT2D eigenvalue weighted by Crippen LogP contribution is 2.32. The zero-order valence-corrected chi connectivity index (χ0v) is 11.5. The fourth-order valence-electron chi connectivity index (χ4n) is 2.00. The molecule has 1 fully saturated rings. The van der Waals surface area contributed by atoms with Gasteiger partial charge in [-0.3, -0.25) is 0 Å². The van der Waals surface area contributed by atoms with E-state index in [2.05, 4.69) is 0 Å². The quantitative estimate of drug-likeness (QED) is 0.773. The fourth-order valence-corrected chi connectivity index (χ4v) is 3.22. The van der Waals surface area contributed by atoms with Crippen molar-refractivity contribution in [1.29, 1.82) is 0 Å². The Bertz CT molecular complexity index is 322. The fraction of sp³-hybridized carbons (Fsp3) is 1.00. The van der Waals surface area contributed by atoms with E-state index < -0.39 is 10.0 Å². The molecule has 1 rings (SSSR count). The second-order valence-corrected chi connectivity index (χ2v) is 6.56. The summed E-state index contributed by atoms with van der Waals surface area (Å²) < 4.78 is 33.6. The largest absolute Gasteiger partial charge is 0.381 e. The monoisotopic (exact) mass is 265 g/mol. The Morgan fingerprint density at radius 2 is 2.00 bits per heavy atom. The van der Waals surface area contributed by atoms with Crippen molar-refractivity contribution >= 4 is 10.0 Å². The normalized spacial score (nSPS) is 22.3. The molecule has 0 aromatic rings. The van der Waals surface area contributed by atoms with Gasteiger partial charge in [-0.2, -0.15) is 0 Å². The Morgan fingerprint density at radius 1 is 1.41 bits per heavy atom. The third-order valence-electron chi connectivity index (χ3n) is 3.31. The van der Waals surface area contributed by atoms with Gasteiger partial charge in [-0.05, 0) is 26.2 Å². The van der Waals surface area contributed by atoms with Gasteiger partial charge in [0.05, 0.1) is 18.5 Å². The van der Waals surface area contributed by atoms with Crippen molar-refractivity contribution in [2.45, 2.75) is 39.2 Å². The topological polar surface area (TPSA) is 78.6 Å². The lowest BCUT2D eigenvalue weighted by atomic mass is 9.83. The van der Waals surface area contributed by atoms with Crippen LogP contribution in [0.5, 0.6) is 0 Å². The van der Waals surface area contributed by atoms with Crippen LogP contribution in [0.2, 0.25) is 0 Å². The average molecular weight is 265 g/mol. The summed E-state index contributed by atoms with van der Waals surface area (Å²) in [5, 5.41) is 5.17. The molecule has 102 valence electrons. The van der Waals surface area contributed by atoms with Gasteiger partial charge in [0.15, 0.2) is 0 Å². The van der Waals surface area contributed by atoms with Gasteiger partial charge in [-0.25, -0.2) is 13.6 Å². The highest BCUT2D eigenvalue weighted by atomic mass is 32.2. The first-order valence-electron chi connectivity index (χ1n) is 6.07. The molecule has 6 heteroatoms. The van der Waals surface area contributed by atoms with E-state index in [1.165, 1.54) is 0 Å². The molecule has 0 radical (unpaired) electrons. The average Bonchev–Trinajstić information content (AvgIpc) is 2.25. The highest BCUT2D eigenvalue weighted by Gasteiger charge is 2.36. The minimum atomic E-state index is -3.47. The van der Waals surface area contributed by atoms with Crippen molar-refractivity contribution in [3.8, 4) is 0 Å². The number of primary sulfonamides is 1. The minimum absolute atomic E-state index is 0.0141. The van der Waals surface area contributed by atoms with E-state index in [0.29, 0.717) is 32.7 Å². The summed E-state index contributed by atoms with van der Waals surface area (Å²) in [5.74, 6) is -0.0141. The van der Waals surface area contributed by atoms with Gasteiger partial charge in [-0.15, -0.1) is 0 Å². The van der Waals surface area contributed by atoms with E-state index in [4.69, 9.17) is 14.6 Å². The van der Waals surface area contributed by atoms with Crippen LogP contribution in [0, 0.1) is 5.41 Å². The van der Waals surface area contributed by atoms with Crippen LogP contribution in [0.1, 0.15) is 33.1 Å². The Labute approximate surface area is 104 Å². The maximum Gasteiger partial charge on any atom is 0.209 e. The van der Waals surface area contributed by atoms with Crippen LogP contribution in [0.3, 0.4) is 0 Å². The summed E-state index contributed by atoms with van der Waals surface area (Å²) in [5.41, 5.74) is -0.366. The first-order chi connectivity index (χ1) is 7.87. The summed E-state index contributed by atoms with van der Waals surface area (Å²) in [4.78, 5) is 0. The van der Waals surface area contributed by atoms with Crippen LogP contribution < -0.4 is 5.14 Å². The molecule has 2 N–H and O–H groups in total. The van der Waals surface area contributed by atoms with Crippen molar-refractivity contribution in [1.82, 2.24) is 0 Å².